The lowest BCUT2D eigenvalue weighted by Gasteiger charge is -2.49. The predicted octanol–water partition coefficient (Wildman–Crippen LogP) is 1.49. The van der Waals surface area contributed by atoms with Crippen molar-refractivity contribution in [2.75, 3.05) is 20.1 Å². The van der Waals surface area contributed by atoms with Gasteiger partial charge in [0.25, 0.3) is 11.8 Å². The summed E-state index contributed by atoms with van der Waals surface area (Å²) in [5.74, 6) is -4.17. The number of amides is 3. The van der Waals surface area contributed by atoms with Crippen LogP contribution >= 0.6 is 0 Å². The molecule has 4 aliphatic heterocycles. The molecule has 7 rings (SSSR count). The van der Waals surface area contributed by atoms with Crippen LogP contribution in [-0.2, 0) is 25.5 Å². The third kappa shape index (κ3) is 4.04. The molecule has 1 aromatic heterocycles. The number of nitrogens with zero attached hydrogens (tertiary/aromatic N) is 3. The number of carbonyl (C=O) groups is 3. The van der Waals surface area contributed by atoms with E-state index >= 15 is 0 Å². The number of piperazine rings is 1. The highest BCUT2D eigenvalue weighted by Crippen LogP contribution is 2.49. The molecular weight excluding hydrogens is 550 g/mol. The third-order valence-corrected chi connectivity index (χ3v) is 10.7. The largest absolute Gasteiger partial charge is 0.391 e. The van der Waals surface area contributed by atoms with Gasteiger partial charge in [0, 0.05) is 54.5 Å². The topological polar surface area (TPSA) is 138 Å². The highest BCUT2D eigenvalue weighted by molar-refractivity contribution is 5.97. The van der Waals surface area contributed by atoms with E-state index in [1.54, 1.807) is 13.8 Å². The fraction of sp³-hybridized carbons (Fsp3) is 0.656. The average Bonchev–Trinajstić information content (AvgIpc) is 3.61. The van der Waals surface area contributed by atoms with Crippen molar-refractivity contribution in [3.8, 4) is 0 Å². The Hall–Kier alpha value is -2.99. The van der Waals surface area contributed by atoms with Crippen LogP contribution in [0.25, 0.3) is 10.9 Å². The second kappa shape index (κ2) is 9.76. The molecule has 4 N–H and O–H groups in total. The summed E-state index contributed by atoms with van der Waals surface area (Å²) in [5.41, 5.74) is 1.78. The van der Waals surface area contributed by atoms with Gasteiger partial charge in [0.05, 0.1) is 12.0 Å². The maximum atomic E-state index is 14.4. The van der Waals surface area contributed by atoms with Gasteiger partial charge in [-0.15, -0.1) is 0 Å². The first-order chi connectivity index (χ1) is 20.4. The number of hydrogen-bond acceptors (Lipinski definition) is 7. The fourth-order valence-corrected chi connectivity index (χ4v) is 8.62. The van der Waals surface area contributed by atoms with E-state index in [0.717, 1.165) is 11.9 Å². The van der Waals surface area contributed by atoms with Crippen LogP contribution in [0.2, 0.25) is 0 Å². The van der Waals surface area contributed by atoms with Gasteiger partial charge in [-0.3, -0.25) is 24.0 Å². The molecule has 4 fully saturated rings. The number of rotatable bonds is 5. The molecule has 1 unspecified atom stereocenters. The number of aromatic nitrogens is 1. The van der Waals surface area contributed by atoms with Crippen LogP contribution < -0.4 is 5.32 Å². The number of aliphatic hydroxyl groups excluding tert-OH is 1. The van der Waals surface area contributed by atoms with E-state index in [0.29, 0.717) is 19.4 Å². The molecule has 43 heavy (non-hydrogen) atoms. The van der Waals surface area contributed by atoms with E-state index in [9.17, 15) is 24.6 Å². The van der Waals surface area contributed by atoms with Crippen LogP contribution in [-0.4, -0.2) is 104 Å². The van der Waals surface area contributed by atoms with Gasteiger partial charge in [-0.25, -0.2) is 0 Å². The van der Waals surface area contributed by atoms with Crippen molar-refractivity contribution in [3.05, 3.63) is 35.5 Å². The van der Waals surface area contributed by atoms with Gasteiger partial charge in [-0.2, -0.15) is 0 Å². The average molecular weight is 594 g/mol. The van der Waals surface area contributed by atoms with Gasteiger partial charge in [0.1, 0.15) is 12.1 Å². The minimum atomic E-state index is -2.17. The Morgan fingerprint density at radius 3 is 2.67 bits per heavy atom. The summed E-state index contributed by atoms with van der Waals surface area (Å²) in [6.45, 7) is 8.05. The number of aromatic amines is 1. The first-order valence-corrected chi connectivity index (χ1v) is 15.7. The van der Waals surface area contributed by atoms with Crippen molar-refractivity contribution in [3.63, 3.8) is 0 Å². The number of H-pyrrole nitrogens is 1. The monoisotopic (exact) mass is 593 g/mol. The number of aliphatic hydroxyl groups is 2. The minimum Gasteiger partial charge on any atom is -0.391 e. The molecule has 0 spiro atoms. The van der Waals surface area contributed by atoms with Crippen molar-refractivity contribution in [1.29, 1.82) is 0 Å². The molecule has 232 valence electrons. The zero-order valence-electron chi connectivity index (χ0n) is 25.5. The number of likely N-dealkylation sites (tertiary alicyclic amines) is 1. The van der Waals surface area contributed by atoms with Crippen LogP contribution in [0.4, 0.5) is 0 Å². The van der Waals surface area contributed by atoms with Gasteiger partial charge in [-0.1, -0.05) is 39.8 Å². The number of likely N-dealkylation sites (N-methyl/N-ethyl adjacent to an activating group) is 1. The molecule has 11 nitrogen and oxygen atoms in total. The first kappa shape index (κ1) is 28.8. The summed E-state index contributed by atoms with van der Waals surface area (Å²) in [6, 6.07) is 4.66. The third-order valence-electron chi connectivity index (χ3n) is 10.7. The summed E-state index contributed by atoms with van der Waals surface area (Å²) < 4.78 is 6.39. The number of hydrogen-bond donors (Lipinski definition) is 4. The molecule has 1 aliphatic carbocycles. The molecule has 0 saturated carbocycles. The quantitative estimate of drug-likeness (QED) is 0.412. The maximum Gasteiger partial charge on any atom is 0.281 e. The molecule has 11 heteroatoms. The number of piperidine rings is 1. The van der Waals surface area contributed by atoms with Crippen molar-refractivity contribution in [2.24, 2.45) is 17.8 Å². The van der Waals surface area contributed by atoms with Crippen molar-refractivity contribution >= 4 is 28.6 Å². The standard InChI is InChI=1S/C32H43N5O6/c1-16(2)9-25-29(40)36-15-20(38)12-26(36)32(42)37(25)30(41)31(43-32,17(3)4)34-28(39)19-10-22-21-7-6-8-23-27(21)18(13-33-23)11-24(22)35(5)14-19/h6-8,13,16-17,19-20,22,24-26,33,38,42H,9-12,14-15H2,1-5H3,(H,34,39)/t19-,20?,22-,24-,25+,26+,31-,32+/m1/s1. The second-order valence-corrected chi connectivity index (χ2v) is 14.2. The number of ether oxygens (including phenoxy) is 1. The van der Waals surface area contributed by atoms with E-state index in [1.807, 2.05) is 13.8 Å². The maximum absolute atomic E-state index is 14.4. The van der Waals surface area contributed by atoms with E-state index in [2.05, 4.69) is 46.6 Å². The van der Waals surface area contributed by atoms with Gasteiger partial charge in [0.2, 0.25) is 17.5 Å². The zero-order chi connectivity index (χ0) is 30.6. The Labute approximate surface area is 251 Å². The zero-order valence-corrected chi connectivity index (χ0v) is 25.5. The predicted molar refractivity (Wildman–Crippen MR) is 157 cm³/mol. The molecule has 3 amide bonds. The Kier molecular flexibility index (Phi) is 6.52. The highest BCUT2D eigenvalue weighted by Gasteiger charge is 2.72. The molecule has 2 aromatic rings. The summed E-state index contributed by atoms with van der Waals surface area (Å²) in [7, 11) is 2.05. The number of carbonyl (C=O) groups excluding carboxylic acids is 3. The Morgan fingerprint density at radius 1 is 1.19 bits per heavy atom. The summed E-state index contributed by atoms with van der Waals surface area (Å²) in [5, 5.41) is 26.9. The smallest absolute Gasteiger partial charge is 0.281 e. The number of fused-ring (bicyclic) bond motifs is 5. The summed E-state index contributed by atoms with van der Waals surface area (Å²) >= 11 is 0. The summed E-state index contributed by atoms with van der Waals surface area (Å²) in [6.07, 6.45) is 3.17. The van der Waals surface area contributed by atoms with Gasteiger partial charge in [-0.05, 0) is 49.4 Å². The molecule has 0 radical (unpaired) electrons. The van der Waals surface area contributed by atoms with Gasteiger partial charge >= 0.3 is 0 Å². The van der Waals surface area contributed by atoms with Crippen molar-refractivity contribution in [1.82, 2.24) is 25.0 Å². The molecular formula is C32H43N5O6. The lowest BCUT2D eigenvalue weighted by atomic mass is 9.72. The molecule has 8 atom stereocenters. The normalized spacial score (nSPS) is 37.3. The number of benzene rings is 1. The Bertz CT molecular complexity index is 1490. The second-order valence-electron chi connectivity index (χ2n) is 14.2. The summed E-state index contributed by atoms with van der Waals surface area (Å²) in [4.78, 5) is 50.5. The SMILES string of the molecule is CC(C)C[C@H]1C(=O)N2CC(O)C[C@H]2[C@]2(O)O[C@](NC(=O)[C@@H]3C[C@@H]4c5cccc6[nH]cc(c56)C[C@H]4N(C)C3)(C(C)C)C(=O)N12. The van der Waals surface area contributed by atoms with E-state index in [1.165, 1.54) is 26.3 Å². The molecule has 5 aliphatic rings. The molecule has 1 aromatic carbocycles. The van der Waals surface area contributed by atoms with E-state index < -0.39 is 47.6 Å². The lowest BCUT2D eigenvalue weighted by molar-refractivity contribution is -0.322. The van der Waals surface area contributed by atoms with Gasteiger partial charge < -0.3 is 30.3 Å². The first-order valence-electron chi connectivity index (χ1n) is 15.7. The van der Waals surface area contributed by atoms with Crippen molar-refractivity contribution < 1.29 is 29.3 Å². The van der Waals surface area contributed by atoms with Gasteiger partial charge in [0.15, 0.2) is 0 Å². The minimum absolute atomic E-state index is 0.0462. The molecule has 0 bridgehead atoms. The van der Waals surface area contributed by atoms with Crippen molar-refractivity contribution in [2.45, 2.75) is 95.2 Å². The van der Waals surface area contributed by atoms with Crippen LogP contribution in [0.15, 0.2) is 24.4 Å². The highest BCUT2D eigenvalue weighted by atomic mass is 16.7. The Morgan fingerprint density at radius 2 is 1.95 bits per heavy atom. The van der Waals surface area contributed by atoms with Crippen LogP contribution in [0, 0.1) is 17.8 Å². The van der Waals surface area contributed by atoms with E-state index in [4.69, 9.17) is 4.74 Å². The molecule has 4 saturated heterocycles. The van der Waals surface area contributed by atoms with Crippen LogP contribution in [0.3, 0.4) is 0 Å². The molecule has 5 heterocycles. The Balaban J connectivity index is 1.21. The van der Waals surface area contributed by atoms with E-state index in [-0.39, 0.29) is 42.7 Å². The fourth-order valence-electron chi connectivity index (χ4n) is 8.62. The lowest BCUT2D eigenvalue weighted by Crippen LogP contribution is -2.71. The number of nitrogens with one attached hydrogen (secondary N) is 2. The van der Waals surface area contributed by atoms with Crippen LogP contribution in [0.5, 0.6) is 0 Å². The van der Waals surface area contributed by atoms with Crippen LogP contribution in [0.1, 0.15) is 64.0 Å².